The van der Waals surface area contributed by atoms with E-state index in [0.29, 0.717) is 6.04 Å². The lowest BCUT2D eigenvalue weighted by molar-refractivity contribution is 0.679. The number of thiophene rings is 1. The van der Waals surface area contributed by atoms with Crippen LogP contribution in [0.4, 0.5) is 0 Å². The molecule has 88 valence electrons. The van der Waals surface area contributed by atoms with E-state index in [0.717, 1.165) is 12.5 Å². The van der Waals surface area contributed by atoms with Gasteiger partial charge in [-0.3, -0.25) is 0 Å². The Morgan fingerprint density at radius 1 is 1.29 bits per heavy atom. The molecule has 2 aromatic rings. The maximum Gasteiger partial charge on any atom is 0.0302 e. The van der Waals surface area contributed by atoms with Gasteiger partial charge in [-0.1, -0.05) is 30.3 Å². The molecule has 1 heterocycles. The highest BCUT2D eigenvalue weighted by Gasteiger charge is 2.37. The second-order valence-electron chi connectivity index (χ2n) is 4.47. The van der Waals surface area contributed by atoms with E-state index < -0.39 is 0 Å². The van der Waals surface area contributed by atoms with Crippen LogP contribution in [0.2, 0.25) is 0 Å². The molecule has 3 rings (SSSR count). The summed E-state index contributed by atoms with van der Waals surface area (Å²) in [6.45, 7) is 0.990. The molecule has 0 unspecified atom stereocenters. The number of benzene rings is 1. The van der Waals surface area contributed by atoms with Gasteiger partial charge in [0.2, 0.25) is 0 Å². The van der Waals surface area contributed by atoms with Crippen LogP contribution in [0.3, 0.4) is 0 Å². The van der Waals surface area contributed by atoms with Gasteiger partial charge in [0.25, 0.3) is 0 Å². The normalized spacial score (nSPS) is 22.6. The van der Waals surface area contributed by atoms with Gasteiger partial charge in [-0.2, -0.15) is 0 Å². The predicted molar refractivity (Wildman–Crippen MR) is 76.4 cm³/mol. The van der Waals surface area contributed by atoms with Crippen LogP contribution in [0.25, 0.3) is 0 Å². The second kappa shape index (κ2) is 4.92. The molecule has 17 heavy (non-hydrogen) atoms. The van der Waals surface area contributed by atoms with Gasteiger partial charge in [-0.15, -0.1) is 11.3 Å². The first-order valence-corrected chi connectivity index (χ1v) is 7.51. The predicted octanol–water partition coefficient (Wildman–Crippen LogP) is 4.16. The fraction of sp³-hybridized carbons (Fsp3) is 0.286. The van der Waals surface area contributed by atoms with Gasteiger partial charge in [0.05, 0.1) is 0 Å². The molecular weight excluding hydrogens is 294 g/mol. The molecule has 1 saturated carbocycles. The van der Waals surface area contributed by atoms with Crippen molar-refractivity contribution in [2.24, 2.45) is 0 Å². The standard InChI is InChI=1S/C14H14BrNS/c15-11-6-12(17-9-11)8-16-14-7-13(14)10-4-2-1-3-5-10/h1-6,9,13-14,16H,7-8H2/t13-,14+/m0/s1. The van der Waals surface area contributed by atoms with Crippen LogP contribution in [-0.2, 0) is 6.54 Å². The summed E-state index contributed by atoms with van der Waals surface area (Å²) < 4.78 is 1.19. The van der Waals surface area contributed by atoms with Crippen LogP contribution in [0.1, 0.15) is 22.8 Å². The number of hydrogen-bond acceptors (Lipinski definition) is 2. The Kier molecular flexibility index (Phi) is 3.32. The molecule has 0 aliphatic heterocycles. The van der Waals surface area contributed by atoms with Crippen LogP contribution in [-0.4, -0.2) is 6.04 Å². The molecule has 1 fully saturated rings. The number of nitrogens with one attached hydrogen (secondary N) is 1. The lowest BCUT2D eigenvalue weighted by Crippen LogP contribution is -2.16. The Bertz CT molecular complexity index is 494. The van der Waals surface area contributed by atoms with E-state index in [1.54, 1.807) is 11.3 Å². The van der Waals surface area contributed by atoms with Crippen LogP contribution in [0.5, 0.6) is 0 Å². The molecule has 0 amide bonds. The van der Waals surface area contributed by atoms with Gasteiger partial charge in [-0.25, -0.2) is 0 Å². The molecule has 1 nitrogen and oxygen atoms in total. The molecule has 1 aromatic heterocycles. The maximum absolute atomic E-state index is 3.62. The number of halogens is 1. The van der Waals surface area contributed by atoms with Crippen LogP contribution in [0.15, 0.2) is 46.3 Å². The second-order valence-corrected chi connectivity index (χ2v) is 6.38. The number of rotatable bonds is 4. The van der Waals surface area contributed by atoms with Gasteiger partial charge < -0.3 is 5.32 Å². The first kappa shape index (κ1) is 11.5. The minimum atomic E-state index is 0.665. The quantitative estimate of drug-likeness (QED) is 0.894. The molecule has 2 atom stereocenters. The molecule has 0 saturated heterocycles. The van der Waals surface area contributed by atoms with E-state index in [4.69, 9.17) is 0 Å². The summed E-state index contributed by atoms with van der Waals surface area (Å²) in [7, 11) is 0. The largest absolute Gasteiger partial charge is 0.308 e. The third kappa shape index (κ3) is 2.79. The van der Waals surface area contributed by atoms with E-state index in [9.17, 15) is 0 Å². The molecule has 0 bridgehead atoms. The monoisotopic (exact) mass is 307 g/mol. The Hall–Kier alpha value is -0.640. The maximum atomic E-state index is 3.62. The lowest BCUT2D eigenvalue weighted by Gasteiger charge is -2.02. The molecule has 0 radical (unpaired) electrons. The van der Waals surface area contributed by atoms with Crippen molar-refractivity contribution in [3.63, 3.8) is 0 Å². The van der Waals surface area contributed by atoms with Gasteiger partial charge in [0, 0.05) is 33.2 Å². The fourth-order valence-electron chi connectivity index (χ4n) is 2.17. The molecular formula is C14H14BrNS. The average molecular weight is 308 g/mol. The SMILES string of the molecule is Brc1csc(CN[C@@H]2C[C@H]2c2ccccc2)c1. The van der Waals surface area contributed by atoms with Crippen molar-refractivity contribution in [3.8, 4) is 0 Å². The zero-order valence-corrected chi connectivity index (χ0v) is 11.8. The number of hydrogen-bond donors (Lipinski definition) is 1. The summed E-state index contributed by atoms with van der Waals surface area (Å²) >= 11 is 5.29. The summed E-state index contributed by atoms with van der Waals surface area (Å²) in [5.41, 5.74) is 1.47. The van der Waals surface area contributed by atoms with Crippen molar-refractivity contribution >= 4 is 27.3 Å². The molecule has 1 aliphatic carbocycles. The van der Waals surface area contributed by atoms with E-state index in [-0.39, 0.29) is 0 Å². The minimum Gasteiger partial charge on any atom is -0.308 e. The third-order valence-electron chi connectivity index (χ3n) is 3.18. The topological polar surface area (TPSA) is 12.0 Å². The van der Waals surface area contributed by atoms with E-state index >= 15 is 0 Å². The van der Waals surface area contributed by atoms with E-state index in [2.05, 4.69) is 63.0 Å². The molecule has 1 aromatic carbocycles. The van der Waals surface area contributed by atoms with Gasteiger partial charge in [0.15, 0.2) is 0 Å². The summed E-state index contributed by atoms with van der Waals surface area (Å²) in [6, 6.07) is 13.7. The zero-order valence-electron chi connectivity index (χ0n) is 9.40. The molecule has 0 spiro atoms. The lowest BCUT2D eigenvalue weighted by atomic mass is 10.1. The van der Waals surface area contributed by atoms with Crippen molar-refractivity contribution in [2.75, 3.05) is 0 Å². The Morgan fingerprint density at radius 2 is 2.12 bits per heavy atom. The Labute approximate surface area is 114 Å². The van der Waals surface area contributed by atoms with Crippen molar-refractivity contribution in [2.45, 2.75) is 24.9 Å². The highest BCUT2D eigenvalue weighted by atomic mass is 79.9. The van der Waals surface area contributed by atoms with Crippen molar-refractivity contribution in [1.82, 2.24) is 5.32 Å². The van der Waals surface area contributed by atoms with E-state index in [1.165, 1.54) is 21.3 Å². The van der Waals surface area contributed by atoms with Crippen molar-refractivity contribution < 1.29 is 0 Å². The smallest absolute Gasteiger partial charge is 0.0302 e. The highest BCUT2D eigenvalue weighted by molar-refractivity contribution is 9.10. The van der Waals surface area contributed by atoms with Gasteiger partial charge in [0.1, 0.15) is 0 Å². The van der Waals surface area contributed by atoms with E-state index in [1.807, 2.05) is 0 Å². The summed E-state index contributed by atoms with van der Waals surface area (Å²) in [4.78, 5) is 1.40. The minimum absolute atomic E-state index is 0.665. The molecule has 3 heteroatoms. The summed E-state index contributed by atoms with van der Waals surface area (Å²) in [5.74, 6) is 0.722. The van der Waals surface area contributed by atoms with Crippen LogP contribution in [0, 0.1) is 0 Å². The first-order chi connectivity index (χ1) is 8.33. The van der Waals surface area contributed by atoms with Gasteiger partial charge in [-0.05, 0) is 34.0 Å². The highest BCUT2D eigenvalue weighted by Crippen LogP contribution is 2.40. The zero-order chi connectivity index (χ0) is 11.7. The summed E-state index contributed by atoms with van der Waals surface area (Å²) in [6.07, 6.45) is 1.27. The first-order valence-electron chi connectivity index (χ1n) is 5.84. The Balaban J connectivity index is 1.53. The van der Waals surface area contributed by atoms with Crippen LogP contribution < -0.4 is 5.32 Å². The van der Waals surface area contributed by atoms with Crippen LogP contribution >= 0.6 is 27.3 Å². The average Bonchev–Trinajstić information content (AvgIpc) is 3.03. The fourth-order valence-corrected chi connectivity index (χ4v) is 3.57. The van der Waals surface area contributed by atoms with Gasteiger partial charge >= 0.3 is 0 Å². The molecule has 1 aliphatic rings. The third-order valence-corrected chi connectivity index (χ3v) is 4.88. The van der Waals surface area contributed by atoms with Crippen molar-refractivity contribution in [3.05, 3.63) is 56.7 Å². The van der Waals surface area contributed by atoms with Crippen molar-refractivity contribution in [1.29, 1.82) is 0 Å². The Morgan fingerprint density at radius 3 is 2.82 bits per heavy atom. The molecule has 1 N–H and O–H groups in total. The summed E-state index contributed by atoms with van der Waals surface area (Å²) in [5, 5.41) is 5.76.